The highest BCUT2D eigenvalue weighted by molar-refractivity contribution is 5.34. The standard InChI is InChI=1S/C7H10N2O/c1-2-4-9(3-1)7-5-10-6-8-7/h5-6H,1-4H2. The monoisotopic (exact) mass is 138 g/mol. The summed E-state index contributed by atoms with van der Waals surface area (Å²) in [5.41, 5.74) is 0. The summed E-state index contributed by atoms with van der Waals surface area (Å²) in [6.07, 6.45) is 5.75. The molecule has 3 nitrogen and oxygen atoms in total. The summed E-state index contributed by atoms with van der Waals surface area (Å²) in [5.74, 6) is 0.984. The molecular formula is C7H10N2O. The number of nitrogens with zero attached hydrogens (tertiary/aromatic N) is 2. The lowest BCUT2D eigenvalue weighted by Crippen LogP contribution is -2.17. The molecule has 1 aliphatic rings. The molecular weight excluding hydrogens is 128 g/mol. The van der Waals surface area contributed by atoms with Gasteiger partial charge in [-0.05, 0) is 12.8 Å². The highest BCUT2D eigenvalue weighted by Crippen LogP contribution is 2.16. The van der Waals surface area contributed by atoms with Gasteiger partial charge in [-0.1, -0.05) is 0 Å². The highest BCUT2D eigenvalue weighted by Gasteiger charge is 2.13. The van der Waals surface area contributed by atoms with Gasteiger partial charge in [0, 0.05) is 13.1 Å². The van der Waals surface area contributed by atoms with E-state index in [4.69, 9.17) is 4.42 Å². The van der Waals surface area contributed by atoms with Crippen molar-refractivity contribution in [1.29, 1.82) is 0 Å². The molecule has 0 spiro atoms. The van der Waals surface area contributed by atoms with Crippen LogP contribution < -0.4 is 4.90 Å². The van der Waals surface area contributed by atoms with Crippen LogP contribution in [0, 0.1) is 0 Å². The van der Waals surface area contributed by atoms with Gasteiger partial charge in [-0.3, -0.25) is 0 Å². The highest BCUT2D eigenvalue weighted by atomic mass is 16.3. The Bertz CT molecular complexity index is 189. The Morgan fingerprint density at radius 2 is 2.20 bits per heavy atom. The lowest BCUT2D eigenvalue weighted by molar-refractivity contribution is 0.557. The Balaban J connectivity index is 2.12. The van der Waals surface area contributed by atoms with E-state index in [-0.39, 0.29) is 0 Å². The van der Waals surface area contributed by atoms with Crippen molar-refractivity contribution in [3.63, 3.8) is 0 Å². The fourth-order valence-corrected chi connectivity index (χ4v) is 1.31. The zero-order valence-electron chi connectivity index (χ0n) is 5.79. The van der Waals surface area contributed by atoms with Gasteiger partial charge < -0.3 is 9.32 Å². The van der Waals surface area contributed by atoms with Crippen molar-refractivity contribution >= 4 is 5.82 Å². The fourth-order valence-electron chi connectivity index (χ4n) is 1.31. The molecule has 1 aliphatic heterocycles. The van der Waals surface area contributed by atoms with Crippen LogP contribution in [0.1, 0.15) is 12.8 Å². The second-order valence-corrected chi connectivity index (χ2v) is 2.54. The van der Waals surface area contributed by atoms with E-state index in [1.807, 2.05) is 0 Å². The Morgan fingerprint density at radius 1 is 1.40 bits per heavy atom. The first kappa shape index (κ1) is 5.77. The molecule has 0 aromatic carbocycles. The number of oxazole rings is 1. The third kappa shape index (κ3) is 0.875. The van der Waals surface area contributed by atoms with Crippen molar-refractivity contribution in [2.45, 2.75) is 12.8 Å². The number of rotatable bonds is 1. The largest absolute Gasteiger partial charge is 0.449 e. The van der Waals surface area contributed by atoms with Crippen molar-refractivity contribution in [3.05, 3.63) is 12.7 Å². The van der Waals surface area contributed by atoms with Crippen molar-refractivity contribution in [3.8, 4) is 0 Å². The van der Waals surface area contributed by atoms with E-state index in [1.54, 1.807) is 6.26 Å². The van der Waals surface area contributed by atoms with E-state index >= 15 is 0 Å². The summed E-state index contributed by atoms with van der Waals surface area (Å²) in [6, 6.07) is 0. The molecule has 1 aromatic rings. The Morgan fingerprint density at radius 3 is 2.80 bits per heavy atom. The zero-order chi connectivity index (χ0) is 6.81. The maximum Gasteiger partial charge on any atom is 0.182 e. The van der Waals surface area contributed by atoms with Crippen molar-refractivity contribution in [2.24, 2.45) is 0 Å². The van der Waals surface area contributed by atoms with Gasteiger partial charge in [0.05, 0.1) is 0 Å². The number of hydrogen-bond acceptors (Lipinski definition) is 3. The average molecular weight is 138 g/mol. The Hall–Kier alpha value is -0.990. The second-order valence-electron chi connectivity index (χ2n) is 2.54. The van der Waals surface area contributed by atoms with Crippen LogP contribution in [0.2, 0.25) is 0 Å². The molecule has 54 valence electrons. The summed E-state index contributed by atoms with van der Waals surface area (Å²) < 4.78 is 4.87. The maximum absolute atomic E-state index is 4.87. The van der Waals surface area contributed by atoms with Crippen LogP contribution in [0.25, 0.3) is 0 Å². The smallest absolute Gasteiger partial charge is 0.182 e. The molecule has 0 saturated carbocycles. The van der Waals surface area contributed by atoms with Crippen LogP contribution in [0.4, 0.5) is 5.82 Å². The average Bonchev–Trinajstić information content (AvgIpc) is 2.59. The van der Waals surface area contributed by atoms with E-state index in [1.165, 1.54) is 19.2 Å². The number of aromatic nitrogens is 1. The summed E-state index contributed by atoms with van der Waals surface area (Å²) in [7, 11) is 0. The van der Waals surface area contributed by atoms with Crippen molar-refractivity contribution in [1.82, 2.24) is 4.98 Å². The minimum Gasteiger partial charge on any atom is -0.449 e. The van der Waals surface area contributed by atoms with Crippen molar-refractivity contribution < 1.29 is 4.42 Å². The molecule has 0 bridgehead atoms. The van der Waals surface area contributed by atoms with E-state index in [2.05, 4.69) is 9.88 Å². The molecule has 1 fully saturated rings. The molecule has 1 saturated heterocycles. The van der Waals surface area contributed by atoms with E-state index in [9.17, 15) is 0 Å². The number of hydrogen-bond donors (Lipinski definition) is 0. The van der Waals surface area contributed by atoms with Crippen LogP contribution in [-0.2, 0) is 0 Å². The molecule has 0 aliphatic carbocycles. The third-order valence-electron chi connectivity index (χ3n) is 1.85. The topological polar surface area (TPSA) is 29.3 Å². The van der Waals surface area contributed by atoms with Crippen LogP contribution >= 0.6 is 0 Å². The lowest BCUT2D eigenvalue weighted by atomic mass is 10.4. The third-order valence-corrected chi connectivity index (χ3v) is 1.85. The van der Waals surface area contributed by atoms with Gasteiger partial charge in [-0.15, -0.1) is 0 Å². The van der Waals surface area contributed by atoms with Gasteiger partial charge in [-0.25, -0.2) is 0 Å². The summed E-state index contributed by atoms with van der Waals surface area (Å²) in [4.78, 5) is 6.30. The first-order valence-electron chi connectivity index (χ1n) is 3.60. The van der Waals surface area contributed by atoms with Gasteiger partial charge in [0.25, 0.3) is 0 Å². The SMILES string of the molecule is c1nc(N2CCCC2)co1. The predicted octanol–water partition coefficient (Wildman–Crippen LogP) is 1.27. The molecule has 10 heavy (non-hydrogen) atoms. The molecule has 1 aromatic heterocycles. The van der Waals surface area contributed by atoms with Crippen molar-refractivity contribution in [2.75, 3.05) is 18.0 Å². The van der Waals surface area contributed by atoms with E-state index in [0.29, 0.717) is 0 Å². The summed E-state index contributed by atoms with van der Waals surface area (Å²) in [5, 5.41) is 0. The van der Waals surface area contributed by atoms with Gasteiger partial charge >= 0.3 is 0 Å². The normalized spacial score (nSPS) is 18.2. The maximum atomic E-state index is 4.87. The Labute approximate surface area is 59.7 Å². The molecule has 0 radical (unpaired) electrons. The molecule has 0 N–H and O–H groups in total. The quantitative estimate of drug-likeness (QED) is 0.585. The van der Waals surface area contributed by atoms with E-state index < -0.39 is 0 Å². The first-order chi connectivity index (χ1) is 4.97. The minimum atomic E-state index is 0.984. The lowest BCUT2D eigenvalue weighted by Gasteiger charge is -2.11. The minimum absolute atomic E-state index is 0.984. The van der Waals surface area contributed by atoms with Gasteiger partial charge in [0.2, 0.25) is 0 Å². The molecule has 0 atom stereocenters. The summed E-state index contributed by atoms with van der Waals surface area (Å²) >= 11 is 0. The van der Waals surface area contributed by atoms with Crippen LogP contribution in [-0.4, -0.2) is 18.1 Å². The summed E-state index contributed by atoms with van der Waals surface area (Å²) in [6.45, 7) is 2.26. The molecule has 0 unspecified atom stereocenters. The van der Waals surface area contributed by atoms with Crippen LogP contribution in [0.5, 0.6) is 0 Å². The number of anilines is 1. The molecule has 2 heterocycles. The molecule has 3 heteroatoms. The van der Waals surface area contributed by atoms with Crippen LogP contribution in [0.15, 0.2) is 17.1 Å². The van der Waals surface area contributed by atoms with Crippen LogP contribution in [0.3, 0.4) is 0 Å². The zero-order valence-corrected chi connectivity index (χ0v) is 5.79. The van der Waals surface area contributed by atoms with Gasteiger partial charge in [0.15, 0.2) is 12.2 Å². The van der Waals surface area contributed by atoms with Gasteiger partial charge in [0.1, 0.15) is 6.26 Å². The predicted molar refractivity (Wildman–Crippen MR) is 38.0 cm³/mol. The molecule has 2 rings (SSSR count). The Kier molecular flexibility index (Phi) is 1.34. The molecule has 0 amide bonds. The fraction of sp³-hybridized carbons (Fsp3) is 0.571. The first-order valence-corrected chi connectivity index (χ1v) is 3.60. The van der Waals surface area contributed by atoms with E-state index in [0.717, 1.165) is 18.9 Å². The van der Waals surface area contributed by atoms with Gasteiger partial charge in [-0.2, -0.15) is 4.98 Å². The second kappa shape index (κ2) is 2.33.